The first-order chi connectivity index (χ1) is 14.8. The van der Waals surface area contributed by atoms with Gasteiger partial charge in [-0.15, -0.1) is 0 Å². The highest BCUT2D eigenvalue weighted by atomic mass is 19.1. The first-order valence-electron chi connectivity index (χ1n) is 10.4. The number of carbonyl (C=O) groups excluding carboxylic acids is 2. The third-order valence-corrected chi connectivity index (χ3v) is 4.75. The van der Waals surface area contributed by atoms with Gasteiger partial charge < -0.3 is 19.7 Å². The number of methoxy groups -OCH3 is 1. The Morgan fingerprint density at radius 1 is 1.13 bits per heavy atom. The molecule has 168 valence electrons. The molecule has 6 nitrogen and oxygen atoms in total. The molecule has 0 radical (unpaired) electrons. The van der Waals surface area contributed by atoms with E-state index in [-0.39, 0.29) is 30.7 Å². The van der Waals surface area contributed by atoms with Crippen LogP contribution in [-0.4, -0.2) is 43.0 Å². The van der Waals surface area contributed by atoms with Gasteiger partial charge in [-0.2, -0.15) is 0 Å². The third kappa shape index (κ3) is 7.27. The topological polar surface area (TPSA) is 67.9 Å². The SMILES string of the molecule is CC[C@H](C(=O)NCC(C)C)N(Cc1cccc(OC)c1)C(=O)COc1ccccc1F. The highest BCUT2D eigenvalue weighted by Crippen LogP contribution is 2.19. The molecule has 2 amide bonds. The van der Waals surface area contributed by atoms with Gasteiger partial charge in [0.2, 0.25) is 5.91 Å². The van der Waals surface area contributed by atoms with Gasteiger partial charge in [0.15, 0.2) is 18.2 Å². The minimum absolute atomic E-state index is 0.00510. The molecule has 0 saturated carbocycles. The summed E-state index contributed by atoms with van der Waals surface area (Å²) in [6, 6.07) is 12.5. The number of hydrogen-bond donors (Lipinski definition) is 1. The minimum atomic E-state index is -0.679. The van der Waals surface area contributed by atoms with Gasteiger partial charge in [0.1, 0.15) is 11.8 Å². The Kier molecular flexibility index (Phi) is 9.31. The van der Waals surface area contributed by atoms with Gasteiger partial charge >= 0.3 is 0 Å². The molecule has 31 heavy (non-hydrogen) atoms. The molecule has 0 saturated heterocycles. The van der Waals surface area contributed by atoms with E-state index in [1.54, 1.807) is 19.2 Å². The van der Waals surface area contributed by atoms with Crippen molar-refractivity contribution in [2.24, 2.45) is 5.92 Å². The maximum Gasteiger partial charge on any atom is 0.261 e. The molecule has 0 fully saturated rings. The smallest absolute Gasteiger partial charge is 0.261 e. The van der Waals surface area contributed by atoms with Gasteiger partial charge in [-0.25, -0.2) is 4.39 Å². The predicted molar refractivity (Wildman–Crippen MR) is 117 cm³/mol. The van der Waals surface area contributed by atoms with Crippen LogP contribution in [0.3, 0.4) is 0 Å². The summed E-state index contributed by atoms with van der Waals surface area (Å²) in [4.78, 5) is 27.4. The monoisotopic (exact) mass is 430 g/mol. The predicted octanol–water partition coefficient (Wildman–Crippen LogP) is 3.79. The highest BCUT2D eigenvalue weighted by molar-refractivity contribution is 5.88. The van der Waals surface area contributed by atoms with Crippen molar-refractivity contribution < 1.29 is 23.5 Å². The van der Waals surface area contributed by atoms with Crippen molar-refractivity contribution in [1.82, 2.24) is 10.2 Å². The summed E-state index contributed by atoms with van der Waals surface area (Å²) in [6.07, 6.45) is 0.430. The molecule has 0 aliphatic heterocycles. The van der Waals surface area contributed by atoms with Gasteiger partial charge in [-0.05, 0) is 42.2 Å². The molecule has 0 spiro atoms. The van der Waals surface area contributed by atoms with E-state index in [0.717, 1.165) is 5.56 Å². The van der Waals surface area contributed by atoms with Crippen molar-refractivity contribution in [3.05, 3.63) is 59.9 Å². The van der Waals surface area contributed by atoms with Gasteiger partial charge in [0.25, 0.3) is 5.91 Å². The number of ether oxygens (including phenoxy) is 2. The van der Waals surface area contributed by atoms with Crippen molar-refractivity contribution in [2.45, 2.75) is 39.8 Å². The lowest BCUT2D eigenvalue weighted by molar-refractivity contribution is -0.143. The molecule has 0 aromatic heterocycles. The molecule has 0 aliphatic carbocycles. The zero-order chi connectivity index (χ0) is 22.8. The lowest BCUT2D eigenvalue weighted by atomic mass is 10.1. The first kappa shape index (κ1) is 24.2. The molecule has 2 aromatic rings. The summed E-state index contributed by atoms with van der Waals surface area (Å²) in [5.74, 6) is -0.236. The molecule has 2 aromatic carbocycles. The second kappa shape index (κ2) is 11.9. The van der Waals surface area contributed by atoms with E-state index in [0.29, 0.717) is 18.7 Å². The zero-order valence-corrected chi connectivity index (χ0v) is 18.6. The summed E-state index contributed by atoms with van der Waals surface area (Å²) in [7, 11) is 1.57. The number of amides is 2. The third-order valence-electron chi connectivity index (χ3n) is 4.75. The van der Waals surface area contributed by atoms with Crippen LogP contribution in [-0.2, 0) is 16.1 Å². The zero-order valence-electron chi connectivity index (χ0n) is 18.6. The standard InChI is InChI=1S/C24H31FN2O4/c1-5-21(24(29)26-14-17(2)3)27(15-18-9-8-10-19(13-18)30-4)23(28)16-31-22-12-7-6-11-20(22)25/h6-13,17,21H,5,14-16H2,1-4H3,(H,26,29)/t21-/m1/s1. The molecular weight excluding hydrogens is 399 g/mol. The van der Waals surface area contributed by atoms with Crippen LogP contribution in [0, 0.1) is 11.7 Å². The van der Waals surface area contributed by atoms with E-state index < -0.39 is 17.8 Å². The van der Waals surface area contributed by atoms with Gasteiger partial charge in [-0.3, -0.25) is 9.59 Å². The Morgan fingerprint density at radius 2 is 1.87 bits per heavy atom. The van der Waals surface area contributed by atoms with E-state index >= 15 is 0 Å². The maximum absolute atomic E-state index is 13.9. The van der Waals surface area contributed by atoms with Crippen LogP contribution in [0.5, 0.6) is 11.5 Å². The average Bonchev–Trinajstić information content (AvgIpc) is 2.76. The molecule has 2 rings (SSSR count). The van der Waals surface area contributed by atoms with Crippen LogP contribution in [0.25, 0.3) is 0 Å². The first-order valence-corrected chi connectivity index (χ1v) is 10.4. The van der Waals surface area contributed by atoms with Crippen LogP contribution < -0.4 is 14.8 Å². The van der Waals surface area contributed by atoms with E-state index in [4.69, 9.17) is 9.47 Å². The summed E-state index contributed by atoms with van der Waals surface area (Å²) >= 11 is 0. The molecular formula is C24H31FN2O4. The number of nitrogens with zero attached hydrogens (tertiary/aromatic N) is 1. The molecule has 7 heteroatoms. The molecule has 0 heterocycles. The van der Waals surface area contributed by atoms with E-state index in [1.807, 2.05) is 45.0 Å². The average molecular weight is 431 g/mol. The van der Waals surface area contributed by atoms with Crippen LogP contribution in [0.2, 0.25) is 0 Å². The number of carbonyl (C=O) groups is 2. The van der Waals surface area contributed by atoms with Crippen molar-refractivity contribution in [3.8, 4) is 11.5 Å². The van der Waals surface area contributed by atoms with Crippen molar-refractivity contribution in [2.75, 3.05) is 20.3 Å². The second-order valence-electron chi connectivity index (χ2n) is 7.66. The number of hydrogen-bond acceptors (Lipinski definition) is 4. The summed E-state index contributed by atoms with van der Waals surface area (Å²) < 4.78 is 24.6. The number of nitrogens with one attached hydrogen (secondary N) is 1. The summed E-state index contributed by atoms with van der Waals surface area (Å²) in [5, 5.41) is 2.90. The van der Waals surface area contributed by atoms with Crippen molar-refractivity contribution in [1.29, 1.82) is 0 Å². The van der Waals surface area contributed by atoms with E-state index in [2.05, 4.69) is 5.32 Å². The van der Waals surface area contributed by atoms with Crippen molar-refractivity contribution in [3.63, 3.8) is 0 Å². The summed E-state index contributed by atoms with van der Waals surface area (Å²) in [5.41, 5.74) is 0.814. The summed E-state index contributed by atoms with van der Waals surface area (Å²) in [6.45, 7) is 6.19. The number of rotatable bonds is 11. The fourth-order valence-electron chi connectivity index (χ4n) is 3.09. The Labute approximate surface area is 183 Å². The number of halogens is 1. The fraction of sp³-hybridized carbons (Fsp3) is 0.417. The van der Waals surface area contributed by atoms with Crippen LogP contribution >= 0.6 is 0 Å². The Morgan fingerprint density at radius 3 is 2.52 bits per heavy atom. The fourth-order valence-corrected chi connectivity index (χ4v) is 3.09. The molecule has 0 unspecified atom stereocenters. The van der Waals surface area contributed by atoms with Gasteiger partial charge in [0, 0.05) is 13.1 Å². The lowest BCUT2D eigenvalue weighted by Crippen LogP contribution is -2.50. The van der Waals surface area contributed by atoms with Gasteiger partial charge in [0.05, 0.1) is 7.11 Å². The van der Waals surface area contributed by atoms with Gasteiger partial charge in [-0.1, -0.05) is 45.0 Å². The Balaban J connectivity index is 2.23. The minimum Gasteiger partial charge on any atom is -0.497 e. The molecule has 0 bridgehead atoms. The molecule has 1 N–H and O–H groups in total. The van der Waals surface area contributed by atoms with Crippen molar-refractivity contribution >= 4 is 11.8 Å². The number of benzene rings is 2. The van der Waals surface area contributed by atoms with Crippen LogP contribution in [0.15, 0.2) is 48.5 Å². The lowest BCUT2D eigenvalue weighted by Gasteiger charge is -2.31. The highest BCUT2D eigenvalue weighted by Gasteiger charge is 2.29. The molecule has 1 atom stereocenters. The molecule has 0 aliphatic rings. The van der Waals surface area contributed by atoms with Crippen LogP contribution in [0.1, 0.15) is 32.8 Å². The second-order valence-corrected chi connectivity index (χ2v) is 7.66. The maximum atomic E-state index is 13.9. The number of para-hydroxylation sites is 1. The largest absolute Gasteiger partial charge is 0.497 e. The Bertz CT molecular complexity index is 872. The Hall–Kier alpha value is -3.09. The normalized spacial score (nSPS) is 11.7. The van der Waals surface area contributed by atoms with E-state index in [9.17, 15) is 14.0 Å². The van der Waals surface area contributed by atoms with Crippen LogP contribution in [0.4, 0.5) is 4.39 Å². The van der Waals surface area contributed by atoms with E-state index in [1.165, 1.54) is 17.0 Å². The quantitative estimate of drug-likeness (QED) is 0.589.